The third-order valence-corrected chi connectivity index (χ3v) is 15.8. The van der Waals surface area contributed by atoms with Crippen molar-refractivity contribution in [3.8, 4) is 0 Å². The zero-order valence-electron chi connectivity index (χ0n) is 49.7. The lowest BCUT2D eigenvalue weighted by molar-refractivity contribution is -0.125. The van der Waals surface area contributed by atoms with Crippen LogP contribution in [0.5, 0.6) is 0 Å². The lowest BCUT2D eigenvalue weighted by Gasteiger charge is -2.26. The Kier molecular flexibility index (Phi) is 22.7. The van der Waals surface area contributed by atoms with Crippen LogP contribution in [0.2, 0.25) is 0 Å². The van der Waals surface area contributed by atoms with Gasteiger partial charge in [0.25, 0.3) is 0 Å². The molecule has 0 saturated heterocycles. The number of nitrogens with zero attached hydrogens (tertiary/aromatic N) is 4. The van der Waals surface area contributed by atoms with Crippen LogP contribution in [-0.2, 0) is 43.4 Å². The molecule has 8 aromatic carbocycles. The molecule has 8 bridgehead atoms. The number of rotatable bonds is 15. The average molecular weight is 1160 g/mol. The van der Waals surface area contributed by atoms with Gasteiger partial charge in [0.1, 0.15) is 0 Å². The maximum atomic E-state index is 14.4. The molecule has 13 heteroatoms. The fourth-order valence-electron chi connectivity index (χ4n) is 11.3. The number of benzene rings is 8. The average Bonchev–Trinajstić information content (AvgIpc) is 2.50. The van der Waals surface area contributed by atoms with Crippen LogP contribution >= 0.6 is 0 Å². The van der Waals surface area contributed by atoms with Crippen molar-refractivity contribution in [3.63, 3.8) is 0 Å². The zero-order chi connectivity index (χ0) is 60.7. The predicted molar refractivity (Wildman–Crippen MR) is 352 cm³/mol. The summed E-state index contributed by atoms with van der Waals surface area (Å²) in [6.07, 6.45) is 4.39. The minimum atomic E-state index is -0.226. The number of nitrogens with one attached hydrogen (secondary N) is 1. The molecule has 13 nitrogen and oxygen atoms in total. The van der Waals surface area contributed by atoms with E-state index >= 15 is 0 Å². The summed E-state index contributed by atoms with van der Waals surface area (Å²) < 4.78 is 0. The molecule has 0 aliphatic carbocycles. The third kappa shape index (κ3) is 17.2. The molecule has 8 aromatic rings. The number of nitrogens with two attached hydrogens (primary N) is 3. The first kappa shape index (κ1) is 62.3. The Morgan fingerprint density at radius 3 is 0.885 bits per heavy atom. The lowest BCUT2D eigenvalue weighted by Crippen LogP contribution is -2.35. The van der Waals surface area contributed by atoms with Gasteiger partial charge in [0.05, 0.1) is 0 Å². The van der Waals surface area contributed by atoms with Crippen molar-refractivity contribution >= 4 is 63.4 Å². The van der Waals surface area contributed by atoms with E-state index in [2.05, 4.69) is 90.2 Å². The quantitative estimate of drug-likeness (QED) is 0.0730. The third-order valence-electron chi connectivity index (χ3n) is 15.8. The van der Waals surface area contributed by atoms with Crippen molar-refractivity contribution in [2.45, 2.75) is 77.2 Å². The van der Waals surface area contributed by atoms with Gasteiger partial charge in [0, 0.05) is 107 Å². The molecule has 87 heavy (non-hydrogen) atoms. The van der Waals surface area contributed by atoms with Crippen molar-refractivity contribution in [3.05, 3.63) is 262 Å². The SMILES string of the molecule is NCCC(=O)N1CCCCN(C(=O)CCN)c2ccc(cc2)Cc2ccc(cc2)N(C(=O)CCC(=O)NCc2ccc(C(=C(c3ccccc3)c3ccccc3)c3ccccc3)cc2)CCCCN(C(=O)CCN)c2ccc(cc2)Cc2ccc1cc2. The Labute approximate surface area is 512 Å². The first-order valence-electron chi connectivity index (χ1n) is 30.5. The molecule has 0 saturated carbocycles. The van der Waals surface area contributed by atoms with E-state index in [-0.39, 0.29) is 81.3 Å². The summed E-state index contributed by atoms with van der Waals surface area (Å²) in [6.45, 7) is 2.73. The highest BCUT2D eigenvalue weighted by Gasteiger charge is 2.23. The van der Waals surface area contributed by atoms with E-state index in [0.717, 1.165) is 78.3 Å². The van der Waals surface area contributed by atoms with Crippen molar-refractivity contribution in [2.24, 2.45) is 17.2 Å². The number of amides is 5. The van der Waals surface area contributed by atoms with Crippen LogP contribution in [0.1, 0.15) is 108 Å². The second-order valence-corrected chi connectivity index (χ2v) is 22.1. The lowest BCUT2D eigenvalue weighted by atomic mass is 9.85. The molecule has 7 heterocycles. The van der Waals surface area contributed by atoms with E-state index in [4.69, 9.17) is 17.2 Å². The minimum absolute atomic E-state index is 0.00116. The Morgan fingerprint density at radius 1 is 0.322 bits per heavy atom. The van der Waals surface area contributed by atoms with E-state index < -0.39 is 0 Å². The van der Waals surface area contributed by atoms with Crippen molar-refractivity contribution in [1.29, 1.82) is 0 Å². The molecule has 7 aliphatic rings. The highest BCUT2D eigenvalue weighted by atomic mass is 16.2. The fourth-order valence-corrected chi connectivity index (χ4v) is 11.3. The maximum Gasteiger partial charge on any atom is 0.228 e. The van der Waals surface area contributed by atoms with E-state index in [1.54, 1.807) is 19.6 Å². The van der Waals surface area contributed by atoms with Gasteiger partial charge < -0.3 is 42.1 Å². The summed E-state index contributed by atoms with van der Waals surface area (Å²) >= 11 is 0. The summed E-state index contributed by atoms with van der Waals surface area (Å²) in [5.74, 6) is -0.591. The van der Waals surface area contributed by atoms with Crippen LogP contribution in [0.15, 0.2) is 212 Å². The molecule has 7 N–H and O–H groups in total. The van der Waals surface area contributed by atoms with Gasteiger partial charge >= 0.3 is 0 Å². The monoisotopic (exact) mass is 1160 g/mol. The van der Waals surface area contributed by atoms with Gasteiger partial charge in [-0.05, 0) is 148 Å². The first-order chi connectivity index (χ1) is 42.6. The maximum absolute atomic E-state index is 14.4. The van der Waals surface area contributed by atoms with Crippen molar-refractivity contribution in [2.75, 3.05) is 65.4 Å². The van der Waals surface area contributed by atoms with E-state index in [1.165, 1.54) is 0 Å². The molecule has 0 spiro atoms. The molecule has 0 atom stereocenters. The van der Waals surface area contributed by atoms with Gasteiger partial charge in [-0.15, -0.1) is 0 Å². The molecule has 7 aliphatic heterocycles. The van der Waals surface area contributed by atoms with Gasteiger partial charge in [0.15, 0.2) is 0 Å². The van der Waals surface area contributed by atoms with Gasteiger partial charge in [0.2, 0.25) is 29.5 Å². The van der Waals surface area contributed by atoms with Crippen LogP contribution in [0.25, 0.3) is 11.1 Å². The van der Waals surface area contributed by atoms with Gasteiger partial charge in [-0.25, -0.2) is 0 Å². The highest BCUT2D eigenvalue weighted by Crippen LogP contribution is 2.37. The number of hydrogen-bond acceptors (Lipinski definition) is 8. The molecular weight excluding hydrogens is 1080 g/mol. The van der Waals surface area contributed by atoms with Crippen LogP contribution in [-0.4, -0.2) is 75.3 Å². The Balaban J connectivity index is 0.916. The second kappa shape index (κ2) is 31.7. The largest absolute Gasteiger partial charge is 0.352 e. The van der Waals surface area contributed by atoms with Crippen LogP contribution in [0.3, 0.4) is 0 Å². The molecule has 0 radical (unpaired) electrons. The standard InChI is InChI=1S/C74H80N8O5/c75-45-42-70(85)80-49-11-10-48-79(69(84)41-40-68(83)78-54-59-20-30-63(31-21-59)74(62-18-8-3-9-19-62)73(60-14-4-1-5-15-60)61-16-6-2-7-17-61)64-32-22-55(23-33-64)52-56-24-36-66(37-25-56)81(71(86)43-46-76)50-12-13-51-82(72(87)44-47-77)67-38-28-58(29-39-67)53-57-26-34-65(80)35-27-57/h1-9,14-39H,10-13,40-54,75-77H2,(H,78,83). The summed E-state index contributed by atoms with van der Waals surface area (Å²) in [6, 6.07) is 71.6. The minimum Gasteiger partial charge on any atom is -0.352 e. The molecule has 0 fully saturated rings. The number of carbonyl (C=O) groups is 5. The zero-order valence-corrected chi connectivity index (χ0v) is 49.7. The summed E-state index contributed by atoms with van der Waals surface area (Å²) in [5.41, 5.74) is 32.4. The first-order valence-corrected chi connectivity index (χ1v) is 30.5. The van der Waals surface area contributed by atoms with Crippen molar-refractivity contribution < 1.29 is 24.0 Å². The molecule has 5 amide bonds. The number of hydrogen-bond donors (Lipinski definition) is 4. The van der Waals surface area contributed by atoms with Crippen LogP contribution < -0.4 is 42.1 Å². The normalized spacial score (nSPS) is 13.3. The molecule has 446 valence electrons. The highest BCUT2D eigenvalue weighted by molar-refractivity contribution is 6.04. The van der Waals surface area contributed by atoms with Gasteiger partial charge in [-0.3, -0.25) is 24.0 Å². The van der Waals surface area contributed by atoms with Crippen molar-refractivity contribution in [1.82, 2.24) is 5.32 Å². The summed E-state index contributed by atoms with van der Waals surface area (Å²) in [4.78, 5) is 75.8. The second-order valence-electron chi connectivity index (χ2n) is 22.1. The van der Waals surface area contributed by atoms with Crippen LogP contribution in [0.4, 0.5) is 22.7 Å². The topological polar surface area (TPSA) is 188 Å². The Morgan fingerprint density at radius 2 is 0.598 bits per heavy atom. The number of carbonyl (C=O) groups excluding carboxylic acids is 5. The van der Waals surface area contributed by atoms with E-state index in [1.807, 2.05) is 127 Å². The van der Waals surface area contributed by atoms with Gasteiger partial charge in [-0.1, -0.05) is 164 Å². The number of anilines is 4. The van der Waals surface area contributed by atoms with E-state index in [0.29, 0.717) is 76.9 Å². The Bertz CT molecular complexity index is 3500. The molecule has 0 aromatic heterocycles. The summed E-state index contributed by atoms with van der Waals surface area (Å²) in [5, 5.41) is 3.07. The molecule has 0 unspecified atom stereocenters. The Hall–Kier alpha value is -9.27. The smallest absolute Gasteiger partial charge is 0.228 e. The van der Waals surface area contributed by atoms with Crippen LogP contribution in [0, 0.1) is 0 Å². The predicted octanol–water partition coefficient (Wildman–Crippen LogP) is 11.6. The van der Waals surface area contributed by atoms with E-state index in [9.17, 15) is 24.0 Å². The summed E-state index contributed by atoms with van der Waals surface area (Å²) in [7, 11) is 0. The fraction of sp³-hybridized carbons (Fsp3) is 0.257. The van der Waals surface area contributed by atoms with Gasteiger partial charge in [-0.2, -0.15) is 0 Å². The molecule has 15 rings (SSSR count). The molecular formula is C74H80N8O5.